The number of nitrogens with zero attached hydrogens (tertiary/aromatic N) is 2. The highest BCUT2D eigenvalue weighted by molar-refractivity contribution is 6.31. The Morgan fingerprint density at radius 1 is 1.10 bits per heavy atom. The van der Waals surface area contributed by atoms with E-state index in [0.29, 0.717) is 23.9 Å². The van der Waals surface area contributed by atoms with Gasteiger partial charge in [0.1, 0.15) is 5.75 Å². The molecule has 3 aromatic rings. The van der Waals surface area contributed by atoms with Crippen LogP contribution in [-0.2, 0) is 17.8 Å². The van der Waals surface area contributed by atoms with Gasteiger partial charge >= 0.3 is 0 Å². The summed E-state index contributed by atoms with van der Waals surface area (Å²) in [6.45, 7) is 3.10. The van der Waals surface area contributed by atoms with Crippen molar-refractivity contribution in [1.82, 2.24) is 15.1 Å². The second-order valence-corrected chi connectivity index (χ2v) is 6.76. The molecule has 29 heavy (non-hydrogen) atoms. The first-order valence-electron chi connectivity index (χ1n) is 9.38. The molecule has 2 aromatic carbocycles. The first-order chi connectivity index (χ1) is 14.1. The number of halogens is 1. The number of hydrogen-bond donors (Lipinski definition) is 1. The van der Waals surface area contributed by atoms with Gasteiger partial charge in [-0.05, 0) is 48.9 Å². The van der Waals surface area contributed by atoms with Crippen LogP contribution < -0.4 is 15.6 Å². The molecule has 0 unspecified atom stereocenters. The van der Waals surface area contributed by atoms with Crippen molar-refractivity contribution < 1.29 is 9.53 Å². The van der Waals surface area contributed by atoms with Gasteiger partial charge in [0.15, 0.2) is 0 Å². The average Bonchev–Trinajstić information content (AvgIpc) is 2.72. The molecule has 0 atom stereocenters. The maximum Gasteiger partial charge on any atom is 0.266 e. The van der Waals surface area contributed by atoms with E-state index in [1.165, 1.54) is 10.7 Å². The average molecular weight is 412 g/mol. The SMILES string of the molecule is CCOc1ccc(-c2ccc(=O)n(CCNC(=O)Cc3ccccc3Cl)n2)cc1. The standard InChI is InChI=1S/C22H22ClN3O3/c1-2-29-18-9-7-16(8-10-18)20-11-12-22(28)26(25-20)14-13-24-21(27)15-17-5-3-4-6-19(17)23/h3-12H,2,13-15H2,1H3,(H,24,27). The minimum atomic E-state index is -0.222. The number of benzene rings is 2. The Hall–Kier alpha value is -3.12. The summed E-state index contributed by atoms with van der Waals surface area (Å²) in [6.07, 6.45) is 0.189. The first-order valence-corrected chi connectivity index (χ1v) is 9.76. The molecule has 0 aliphatic carbocycles. The Morgan fingerprint density at radius 2 is 1.86 bits per heavy atom. The van der Waals surface area contributed by atoms with E-state index in [1.54, 1.807) is 12.1 Å². The molecule has 0 spiro atoms. The molecule has 1 amide bonds. The highest BCUT2D eigenvalue weighted by Crippen LogP contribution is 2.20. The van der Waals surface area contributed by atoms with Crippen molar-refractivity contribution in [3.8, 4) is 17.0 Å². The van der Waals surface area contributed by atoms with Gasteiger partial charge in [0.05, 0.1) is 25.3 Å². The van der Waals surface area contributed by atoms with Crippen LogP contribution in [0.15, 0.2) is 65.5 Å². The van der Waals surface area contributed by atoms with Gasteiger partial charge in [-0.25, -0.2) is 4.68 Å². The monoisotopic (exact) mass is 411 g/mol. The Bertz CT molecular complexity index is 1030. The van der Waals surface area contributed by atoms with Crippen LogP contribution in [0, 0.1) is 0 Å². The van der Waals surface area contributed by atoms with Gasteiger partial charge in [-0.2, -0.15) is 5.10 Å². The number of hydrogen-bond acceptors (Lipinski definition) is 4. The second-order valence-electron chi connectivity index (χ2n) is 6.36. The van der Waals surface area contributed by atoms with Crippen molar-refractivity contribution in [3.63, 3.8) is 0 Å². The molecule has 1 aromatic heterocycles. The summed E-state index contributed by atoms with van der Waals surface area (Å²) < 4.78 is 6.79. The molecule has 150 valence electrons. The molecule has 0 aliphatic rings. The molecule has 3 rings (SSSR count). The molecule has 6 nitrogen and oxygen atoms in total. The molecule has 1 heterocycles. The van der Waals surface area contributed by atoms with Crippen molar-refractivity contribution in [2.24, 2.45) is 0 Å². The molecule has 7 heteroatoms. The molecule has 0 radical (unpaired) electrons. The molecule has 0 aliphatic heterocycles. The minimum absolute atomic E-state index is 0.159. The number of amides is 1. The number of carbonyl (C=O) groups excluding carboxylic acids is 1. The summed E-state index contributed by atoms with van der Waals surface area (Å²) in [5, 5.41) is 7.76. The molecule has 0 saturated heterocycles. The maximum absolute atomic E-state index is 12.1. The number of rotatable bonds is 8. The summed E-state index contributed by atoms with van der Waals surface area (Å²) >= 11 is 6.08. The molecule has 0 saturated carbocycles. The number of carbonyl (C=O) groups is 1. The van der Waals surface area contributed by atoms with Gasteiger partial charge in [0.25, 0.3) is 5.56 Å². The van der Waals surface area contributed by atoms with Gasteiger partial charge in [0.2, 0.25) is 5.91 Å². The van der Waals surface area contributed by atoms with Crippen LogP contribution in [0.25, 0.3) is 11.3 Å². The Kier molecular flexibility index (Phi) is 7.03. The topological polar surface area (TPSA) is 73.2 Å². The van der Waals surface area contributed by atoms with Crippen LogP contribution in [0.1, 0.15) is 12.5 Å². The lowest BCUT2D eigenvalue weighted by Gasteiger charge is -2.10. The summed E-state index contributed by atoms with van der Waals surface area (Å²) in [5.74, 6) is 0.625. The van der Waals surface area contributed by atoms with Crippen LogP contribution in [0.2, 0.25) is 5.02 Å². The third kappa shape index (κ3) is 5.68. The van der Waals surface area contributed by atoms with E-state index in [-0.39, 0.29) is 24.4 Å². The zero-order valence-corrected chi connectivity index (χ0v) is 16.9. The van der Waals surface area contributed by atoms with E-state index in [9.17, 15) is 9.59 Å². The third-order valence-electron chi connectivity index (χ3n) is 4.28. The minimum Gasteiger partial charge on any atom is -0.494 e. The normalized spacial score (nSPS) is 10.6. The number of ether oxygens (including phenoxy) is 1. The lowest BCUT2D eigenvalue weighted by molar-refractivity contribution is -0.120. The summed E-state index contributed by atoms with van der Waals surface area (Å²) in [5.41, 5.74) is 2.10. The molecular weight excluding hydrogens is 390 g/mol. The van der Waals surface area contributed by atoms with Crippen LogP contribution in [0.5, 0.6) is 5.75 Å². The van der Waals surface area contributed by atoms with Crippen molar-refractivity contribution in [3.05, 3.63) is 81.6 Å². The quantitative estimate of drug-likeness (QED) is 0.617. The smallest absolute Gasteiger partial charge is 0.266 e. The Labute approximate surface area is 174 Å². The Morgan fingerprint density at radius 3 is 2.59 bits per heavy atom. The van der Waals surface area contributed by atoms with E-state index in [4.69, 9.17) is 16.3 Å². The fourth-order valence-electron chi connectivity index (χ4n) is 2.83. The first kappa shape index (κ1) is 20.6. The molecular formula is C22H22ClN3O3. The van der Waals surface area contributed by atoms with Crippen LogP contribution in [0.4, 0.5) is 0 Å². The fourth-order valence-corrected chi connectivity index (χ4v) is 3.03. The lowest BCUT2D eigenvalue weighted by atomic mass is 10.1. The second kappa shape index (κ2) is 9.89. The highest BCUT2D eigenvalue weighted by atomic mass is 35.5. The third-order valence-corrected chi connectivity index (χ3v) is 4.65. The summed E-state index contributed by atoms with van der Waals surface area (Å²) in [7, 11) is 0. The van der Waals surface area contributed by atoms with E-state index in [1.807, 2.05) is 49.4 Å². The zero-order chi connectivity index (χ0) is 20.6. The summed E-state index contributed by atoms with van der Waals surface area (Å²) in [6, 6.07) is 17.9. The van der Waals surface area contributed by atoms with Gasteiger partial charge in [-0.1, -0.05) is 29.8 Å². The van der Waals surface area contributed by atoms with Gasteiger partial charge in [-0.15, -0.1) is 0 Å². The Balaban J connectivity index is 1.61. The van der Waals surface area contributed by atoms with Crippen molar-refractivity contribution in [2.45, 2.75) is 19.9 Å². The van der Waals surface area contributed by atoms with Gasteiger partial charge in [0, 0.05) is 23.2 Å². The fraction of sp³-hybridized carbons (Fsp3) is 0.227. The van der Waals surface area contributed by atoms with E-state index in [0.717, 1.165) is 16.9 Å². The van der Waals surface area contributed by atoms with Crippen molar-refractivity contribution in [1.29, 1.82) is 0 Å². The van der Waals surface area contributed by atoms with Crippen LogP contribution in [-0.4, -0.2) is 28.8 Å². The van der Waals surface area contributed by atoms with E-state index < -0.39 is 0 Å². The van der Waals surface area contributed by atoms with Gasteiger partial charge in [-0.3, -0.25) is 9.59 Å². The van der Waals surface area contributed by atoms with E-state index in [2.05, 4.69) is 10.4 Å². The van der Waals surface area contributed by atoms with Crippen molar-refractivity contribution >= 4 is 17.5 Å². The summed E-state index contributed by atoms with van der Waals surface area (Å²) in [4.78, 5) is 24.2. The number of nitrogens with one attached hydrogen (secondary N) is 1. The lowest BCUT2D eigenvalue weighted by Crippen LogP contribution is -2.32. The predicted molar refractivity (Wildman–Crippen MR) is 113 cm³/mol. The zero-order valence-electron chi connectivity index (χ0n) is 16.1. The van der Waals surface area contributed by atoms with E-state index >= 15 is 0 Å². The van der Waals surface area contributed by atoms with Crippen LogP contribution >= 0.6 is 11.6 Å². The highest BCUT2D eigenvalue weighted by Gasteiger charge is 2.08. The van der Waals surface area contributed by atoms with Crippen molar-refractivity contribution in [2.75, 3.05) is 13.2 Å². The molecule has 0 bridgehead atoms. The largest absolute Gasteiger partial charge is 0.494 e. The predicted octanol–water partition coefficient (Wildman–Crippen LogP) is 3.32. The van der Waals surface area contributed by atoms with Gasteiger partial charge < -0.3 is 10.1 Å². The molecule has 0 fully saturated rings. The number of aromatic nitrogens is 2. The molecule has 1 N–H and O–H groups in total. The maximum atomic E-state index is 12.1. The van der Waals surface area contributed by atoms with Crippen LogP contribution in [0.3, 0.4) is 0 Å².